The number of nitrogens with one attached hydrogen (secondary N) is 1. The van der Waals surface area contributed by atoms with Gasteiger partial charge in [-0.2, -0.15) is 0 Å². The third-order valence-corrected chi connectivity index (χ3v) is 5.42. The van der Waals surface area contributed by atoms with Crippen molar-refractivity contribution in [2.45, 2.75) is 25.9 Å². The summed E-state index contributed by atoms with van der Waals surface area (Å²) >= 11 is 5.96. The number of hydrogen-bond donors (Lipinski definition) is 1. The Bertz CT molecular complexity index is 773. The van der Waals surface area contributed by atoms with E-state index in [1.54, 1.807) is 14.2 Å². The number of methoxy groups -OCH3 is 2. The molecule has 1 amide bonds. The molecule has 0 unspecified atom stereocenters. The number of piperidine rings is 1. The smallest absolute Gasteiger partial charge is 0.224 e. The van der Waals surface area contributed by atoms with Crippen molar-refractivity contribution in [3.63, 3.8) is 0 Å². The molecule has 2 aromatic carbocycles. The van der Waals surface area contributed by atoms with Crippen LogP contribution in [0.4, 0.5) is 0 Å². The Morgan fingerprint density at radius 3 is 2.46 bits per heavy atom. The van der Waals surface area contributed by atoms with E-state index in [9.17, 15) is 4.79 Å². The molecule has 0 spiro atoms. The molecule has 1 fully saturated rings. The molecular weight excluding hydrogens is 376 g/mol. The summed E-state index contributed by atoms with van der Waals surface area (Å²) in [5.41, 5.74) is 2.07. The van der Waals surface area contributed by atoms with Crippen molar-refractivity contribution in [3.05, 3.63) is 58.6 Å². The lowest BCUT2D eigenvalue weighted by molar-refractivity contribution is -0.126. The molecule has 1 N–H and O–H groups in total. The number of carbonyl (C=O) groups is 1. The molecule has 1 atom stereocenters. The van der Waals surface area contributed by atoms with Crippen LogP contribution in [0.15, 0.2) is 42.5 Å². The monoisotopic (exact) mass is 402 g/mol. The molecule has 1 aliphatic heterocycles. The van der Waals surface area contributed by atoms with Crippen LogP contribution in [0.25, 0.3) is 0 Å². The molecule has 28 heavy (non-hydrogen) atoms. The number of ether oxygens (including phenoxy) is 2. The lowest BCUT2D eigenvalue weighted by atomic mass is 9.96. The number of benzene rings is 2. The van der Waals surface area contributed by atoms with Gasteiger partial charge in [-0.05, 0) is 49.2 Å². The van der Waals surface area contributed by atoms with Crippen LogP contribution in [0.5, 0.6) is 11.5 Å². The molecule has 0 bridgehead atoms. The van der Waals surface area contributed by atoms with Gasteiger partial charge in [0.05, 0.1) is 32.2 Å². The SMILES string of the molecule is COc1cccc(OC)c1CNC(=O)[C@@H]1CCCN(Cc2ccc(Cl)cc2)C1. The minimum atomic E-state index is -0.0123. The number of likely N-dealkylation sites (tertiary alicyclic amines) is 1. The molecule has 1 heterocycles. The highest BCUT2D eigenvalue weighted by Crippen LogP contribution is 2.28. The first-order valence-corrected chi connectivity index (χ1v) is 9.93. The van der Waals surface area contributed by atoms with E-state index in [4.69, 9.17) is 21.1 Å². The third-order valence-electron chi connectivity index (χ3n) is 5.17. The van der Waals surface area contributed by atoms with E-state index < -0.39 is 0 Å². The zero-order valence-electron chi connectivity index (χ0n) is 16.4. The van der Waals surface area contributed by atoms with Gasteiger partial charge >= 0.3 is 0 Å². The number of hydrogen-bond acceptors (Lipinski definition) is 4. The van der Waals surface area contributed by atoms with Crippen LogP contribution in [0.1, 0.15) is 24.0 Å². The van der Waals surface area contributed by atoms with Crippen LogP contribution in [-0.2, 0) is 17.9 Å². The van der Waals surface area contributed by atoms with E-state index in [1.807, 2.05) is 42.5 Å². The number of nitrogens with zero attached hydrogens (tertiary/aromatic N) is 1. The van der Waals surface area contributed by atoms with Crippen LogP contribution >= 0.6 is 11.6 Å². The predicted molar refractivity (Wildman–Crippen MR) is 111 cm³/mol. The first kappa shape index (κ1) is 20.5. The Labute approximate surface area is 171 Å². The Morgan fingerprint density at radius 1 is 1.14 bits per heavy atom. The van der Waals surface area contributed by atoms with Crippen LogP contribution in [0.2, 0.25) is 5.02 Å². The first-order valence-electron chi connectivity index (χ1n) is 9.55. The summed E-state index contributed by atoms with van der Waals surface area (Å²) < 4.78 is 10.8. The number of halogens is 1. The molecule has 2 aromatic rings. The molecule has 5 nitrogen and oxygen atoms in total. The Hall–Kier alpha value is -2.24. The second-order valence-corrected chi connectivity index (χ2v) is 7.50. The van der Waals surface area contributed by atoms with E-state index in [1.165, 1.54) is 5.56 Å². The highest BCUT2D eigenvalue weighted by atomic mass is 35.5. The summed E-state index contributed by atoms with van der Waals surface area (Å²) in [7, 11) is 3.24. The zero-order chi connectivity index (χ0) is 19.9. The van der Waals surface area contributed by atoms with Gasteiger partial charge in [0.25, 0.3) is 0 Å². The molecule has 0 saturated carbocycles. The van der Waals surface area contributed by atoms with E-state index in [2.05, 4.69) is 10.2 Å². The summed E-state index contributed by atoms with van der Waals surface area (Å²) in [5, 5.41) is 3.81. The van der Waals surface area contributed by atoms with Gasteiger partial charge in [0.2, 0.25) is 5.91 Å². The molecule has 6 heteroatoms. The number of rotatable bonds is 7. The Kier molecular flexibility index (Phi) is 7.18. The van der Waals surface area contributed by atoms with E-state index >= 15 is 0 Å². The first-order chi connectivity index (χ1) is 13.6. The van der Waals surface area contributed by atoms with E-state index in [0.29, 0.717) is 18.0 Å². The van der Waals surface area contributed by atoms with E-state index in [0.717, 1.165) is 43.1 Å². The molecule has 1 aliphatic rings. The lowest BCUT2D eigenvalue weighted by Gasteiger charge is -2.32. The zero-order valence-corrected chi connectivity index (χ0v) is 17.2. The average Bonchev–Trinajstić information content (AvgIpc) is 2.73. The summed E-state index contributed by atoms with van der Waals surface area (Å²) in [6.07, 6.45) is 1.93. The third kappa shape index (κ3) is 5.18. The second-order valence-electron chi connectivity index (χ2n) is 7.06. The van der Waals surface area contributed by atoms with Gasteiger partial charge < -0.3 is 14.8 Å². The van der Waals surface area contributed by atoms with E-state index in [-0.39, 0.29) is 11.8 Å². The van der Waals surface area contributed by atoms with Crippen LogP contribution < -0.4 is 14.8 Å². The van der Waals surface area contributed by atoms with Crippen LogP contribution in [0, 0.1) is 5.92 Å². The second kappa shape index (κ2) is 9.80. The fourth-order valence-electron chi connectivity index (χ4n) is 3.68. The lowest BCUT2D eigenvalue weighted by Crippen LogP contribution is -2.42. The average molecular weight is 403 g/mol. The molecular formula is C22H27ClN2O3. The van der Waals surface area contributed by atoms with Gasteiger partial charge in [0.15, 0.2) is 0 Å². The quantitative estimate of drug-likeness (QED) is 0.763. The summed E-state index contributed by atoms with van der Waals surface area (Å²) in [4.78, 5) is 15.1. The minimum Gasteiger partial charge on any atom is -0.496 e. The molecule has 3 rings (SSSR count). The van der Waals surface area contributed by atoms with Gasteiger partial charge in [-0.3, -0.25) is 9.69 Å². The largest absolute Gasteiger partial charge is 0.496 e. The topological polar surface area (TPSA) is 50.8 Å². The maximum atomic E-state index is 12.8. The van der Waals surface area contributed by atoms with Gasteiger partial charge in [0, 0.05) is 18.1 Å². The Morgan fingerprint density at radius 2 is 1.82 bits per heavy atom. The Balaban J connectivity index is 1.58. The van der Waals surface area contributed by atoms with Gasteiger partial charge in [-0.1, -0.05) is 29.8 Å². The number of amides is 1. The summed E-state index contributed by atoms with van der Waals surface area (Å²) in [6.45, 7) is 2.99. The number of carbonyl (C=O) groups excluding carboxylic acids is 1. The van der Waals surface area contributed by atoms with Crippen molar-refractivity contribution in [2.75, 3.05) is 27.3 Å². The van der Waals surface area contributed by atoms with Crippen molar-refractivity contribution in [3.8, 4) is 11.5 Å². The highest BCUT2D eigenvalue weighted by Gasteiger charge is 2.26. The molecule has 0 aromatic heterocycles. The summed E-state index contributed by atoms with van der Waals surface area (Å²) in [6, 6.07) is 13.5. The minimum absolute atomic E-state index is 0.0123. The standard InChI is InChI=1S/C22H27ClN2O3/c1-27-20-6-3-7-21(28-2)19(20)13-24-22(26)17-5-4-12-25(15-17)14-16-8-10-18(23)11-9-16/h3,6-11,17H,4-5,12-15H2,1-2H3,(H,24,26)/t17-/m1/s1. The molecule has 0 aliphatic carbocycles. The van der Waals surface area contributed by atoms with Gasteiger partial charge in [0.1, 0.15) is 11.5 Å². The molecule has 0 radical (unpaired) electrons. The fourth-order valence-corrected chi connectivity index (χ4v) is 3.81. The van der Waals surface area contributed by atoms with Crippen molar-refractivity contribution >= 4 is 17.5 Å². The highest BCUT2D eigenvalue weighted by molar-refractivity contribution is 6.30. The van der Waals surface area contributed by atoms with Gasteiger partial charge in [-0.25, -0.2) is 0 Å². The normalized spacial score (nSPS) is 17.2. The fraction of sp³-hybridized carbons (Fsp3) is 0.409. The van der Waals surface area contributed by atoms with Crippen LogP contribution in [-0.4, -0.2) is 38.1 Å². The van der Waals surface area contributed by atoms with Crippen molar-refractivity contribution in [2.24, 2.45) is 5.92 Å². The molecule has 150 valence electrons. The van der Waals surface area contributed by atoms with Crippen molar-refractivity contribution < 1.29 is 14.3 Å². The van der Waals surface area contributed by atoms with Crippen LogP contribution in [0.3, 0.4) is 0 Å². The van der Waals surface area contributed by atoms with Crippen molar-refractivity contribution in [1.29, 1.82) is 0 Å². The summed E-state index contributed by atoms with van der Waals surface area (Å²) in [5.74, 6) is 1.50. The maximum Gasteiger partial charge on any atom is 0.224 e. The maximum absolute atomic E-state index is 12.8. The molecule has 1 saturated heterocycles. The predicted octanol–water partition coefficient (Wildman–Crippen LogP) is 3.89. The van der Waals surface area contributed by atoms with Gasteiger partial charge in [-0.15, -0.1) is 0 Å². The van der Waals surface area contributed by atoms with Crippen molar-refractivity contribution in [1.82, 2.24) is 10.2 Å².